The zero-order valence-electron chi connectivity index (χ0n) is 17.5. The van der Waals surface area contributed by atoms with E-state index in [0.29, 0.717) is 19.3 Å². The van der Waals surface area contributed by atoms with Gasteiger partial charge in [-0.1, -0.05) is 43.2 Å². The highest BCUT2D eigenvalue weighted by Crippen LogP contribution is 2.29. The van der Waals surface area contributed by atoms with Crippen molar-refractivity contribution in [1.82, 2.24) is 15.1 Å². The topological polar surface area (TPSA) is 104 Å². The summed E-state index contributed by atoms with van der Waals surface area (Å²) in [6.45, 7) is -0.334. The van der Waals surface area contributed by atoms with Gasteiger partial charge < -0.3 is 10.2 Å². The second kappa shape index (κ2) is 8.98. The predicted octanol–water partition coefficient (Wildman–Crippen LogP) is 1.50. The van der Waals surface area contributed by atoms with Gasteiger partial charge in [0, 0.05) is 12.1 Å². The zero-order chi connectivity index (χ0) is 22.0. The van der Waals surface area contributed by atoms with Crippen LogP contribution in [0.15, 0.2) is 30.3 Å². The summed E-state index contributed by atoms with van der Waals surface area (Å²) in [5.74, 6) is -0.672. The Morgan fingerprint density at radius 2 is 1.77 bits per heavy atom. The second-order valence-corrected chi connectivity index (χ2v) is 11.0. The lowest BCUT2D eigenvalue weighted by Gasteiger charge is -2.34. The Morgan fingerprint density at radius 1 is 1.06 bits per heavy atom. The summed E-state index contributed by atoms with van der Waals surface area (Å²) in [6, 6.07) is 8.14. The molecule has 168 valence electrons. The van der Waals surface area contributed by atoms with Crippen molar-refractivity contribution in [1.29, 1.82) is 0 Å². The van der Waals surface area contributed by atoms with Crippen LogP contribution in [0.5, 0.6) is 0 Å². The first-order chi connectivity index (χ1) is 14.8. The van der Waals surface area contributed by atoms with Gasteiger partial charge in [0.1, 0.15) is 12.6 Å². The summed E-state index contributed by atoms with van der Waals surface area (Å²) in [6.07, 6.45) is 5.20. The average Bonchev–Trinajstić information content (AvgIpc) is 3.45. The van der Waals surface area contributed by atoms with Gasteiger partial charge in [-0.15, -0.1) is 0 Å². The monoisotopic (exact) mass is 447 g/mol. The maximum Gasteiger partial charge on any atom is 0.325 e. The highest BCUT2D eigenvalue weighted by Gasteiger charge is 2.43. The van der Waals surface area contributed by atoms with E-state index in [1.54, 1.807) is 4.90 Å². The van der Waals surface area contributed by atoms with Crippen molar-refractivity contribution in [2.24, 2.45) is 0 Å². The Balaban J connectivity index is 1.41. The fourth-order valence-electron chi connectivity index (χ4n) is 4.98. The number of nitrogens with one attached hydrogen (secondary N) is 1. The molecule has 1 aliphatic carbocycles. The smallest absolute Gasteiger partial charge is 0.325 e. The van der Waals surface area contributed by atoms with Crippen LogP contribution in [0.1, 0.15) is 44.1 Å². The number of carbonyl (C=O) groups excluding carboxylic acids is 3. The highest BCUT2D eigenvalue weighted by molar-refractivity contribution is 7.91. The Bertz CT molecular complexity index is 943. The molecule has 0 unspecified atom stereocenters. The summed E-state index contributed by atoms with van der Waals surface area (Å²) in [5, 5.41) is 2.69. The fourth-order valence-corrected chi connectivity index (χ4v) is 6.69. The number of amides is 4. The molecular weight excluding hydrogens is 418 g/mol. The maximum absolute atomic E-state index is 13.2. The molecule has 0 aromatic heterocycles. The van der Waals surface area contributed by atoms with Crippen LogP contribution in [-0.4, -0.2) is 72.2 Å². The summed E-state index contributed by atoms with van der Waals surface area (Å²) in [5.41, 5.74) is 1.08. The van der Waals surface area contributed by atoms with Crippen LogP contribution in [0.2, 0.25) is 0 Å². The first-order valence-electron chi connectivity index (χ1n) is 11.0. The molecule has 8 nitrogen and oxygen atoms in total. The minimum Gasteiger partial charge on any atom is -0.334 e. The number of sulfone groups is 1. The van der Waals surface area contributed by atoms with Gasteiger partial charge in [0.05, 0.1) is 11.5 Å². The van der Waals surface area contributed by atoms with Crippen molar-refractivity contribution in [3.8, 4) is 0 Å². The van der Waals surface area contributed by atoms with Crippen LogP contribution >= 0.6 is 0 Å². The molecule has 2 atom stereocenters. The molecular formula is C22H29N3O5S. The van der Waals surface area contributed by atoms with Crippen LogP contribution in [-0.2, 0) is 25.8 Å². The Morgan fingerprint density at radius 3 is 2.42 bits per heavy atom. The minimum atomic E-state index is -3.15. The normalized spacial score (nSPS) is 25.7. The fraction of sp³-hybridized carbons (Fsp3) is 0.591. The van der Waals surface area contributed by atoms with E-state index in [4.69, 9.17) is 0 Å². The van der Waals surface area contributed by atoms with Crippen LogP contribution < -0.4 is 5.32 Å². The predicted molar refractivity (Wildman–Crippen MR) is 115 cm³/mol. The lowest BCUT2D eigenvalue weighted by molar-refractivity contribution is -0.140. The number of aryl methyl sites for hydroxylation is 1. The lowest BCUT2D eigenvalue weighted by atomic mass is 10.1. The molecule has 9 heteroatoms. The van der Waals surface area contributed by atoms with Crippen LogP contribution in [0, 0.1) is 0 Å². The third-order valence-corrected chi connectivity index (χ3v) is 8.32. The minimum absolute atomic E-state index is 0.0135. The molecule has 3 fully saturated rings. The number of imide groups is 1. The Kier molecular flexibility index (Phi) is 6.31. The standard InChI is InChI=1S/C22H29N3O5S/c26-20(25(17-8-4-5-9-17)18-12-13-31(29,30)15-18)14-24-21(27)19(23-22(24)28)11-10-16-6-2-1-3-7-16/h1-3,6-7,17-19H,4-5,8-15H2,(H,23,28)/t18-,19+/m1/s1. The molecule has 1 aromatic rings. The third-order valence-electron chi connectivity index (χ3n) is 6.57. The SMILES string of the molecule is O=C1N[C@@H](CCc2ccccc2)C(=O)N1CC(=O)N(C1CCCC1)[C@@H]1CCS(=O)(=O)C1. The van der Waals surface area contributed by atoms with Crippen LogP contribution in [0.3, 0.4) is 0 Å². The number of hydrogen-bond donors (Lipinski definition) is 1. The Labute approximate surface area is 182 Å². The maximum atomic E-state index is 13.2. The van der Waals surface area contributed by atoms with Crippen molar-refractivity contribution >= 4 is 27.7 Å². The van der Waals surface area contributed by atoms with Crippen molar-refractivity contribution in [2.75, 3.05) is 18.1 Å². The van der Waals surface area contributed by atoms with E-state index < -0.39 is 21.9 Å². The van der Waals surface area contributed by atoms with Gasteiger partial charge in [0.25, 0.3) is 5.91 Å². The van der Waals surface area contributed by atoms with Crippen LogP contribution in [0.4, 0.5) is 4.79 Å². The molecule has 2 aliphatic heterocycles. The number of carbonyl (C=O) groups is 3. The van der Waals surface area contributed by atoms with Crippen molar-refractivity contribution in [2.45, 2.75) is 63.1 Å². The number of rotatable bonds is 7. The van der Waals surface area contributed by atoms with E-state index >= 15 is 0 Å². The van der Waals surface area contributed by atoms with Gasteiger partial charge in [-0.25, -0.2) is 13.2 Å². The second-order valence-electron chi connectivity index (χ2n) is 8.75. The molecule has 0 bridgehead atoms. The van der Waals surface area contributed by atoms with Gasteiger partial charge in [-0.05, 0) is 37.7 Å². The summed E-state index contributed by atoms with van der Waals surface area (Å²) in [4.78, 5) is 41.1. The van der Waals surface area contributed by atoms with E-state index in [2.05, 4.69) is 5.32 Å². The molecule has 2 heterocycles. The number of hydrogen-bond acceptors (Lipinski definition) is 5. The third kappa shape index (κ3) is 4.92. The van der Waals surface area contributed by atoms with Crippen molar-refractivity contribution in [3.63, 3.8) is 0 Å². The molecule has 0 spiro atoms. The van der Waals surface area contributed by atoms with Crippen molar-refractivity contribution < 1.29 is 22.8 Å². The van der Waals surface area contributed by atoms with E-state index in [1.165, 1.54) is 0 Å². The number of benzene rings is 1. The van der Waals surface area contributed by atoms with Gasteiger partial charge in [0.2, 0.25) is 5.91 Å². The number of nitrogens with zero attached hydrogens (tertiary/aromatic N) is 2. The summed E-state index contributed by atoms with van der Waals surface area (Å²) >= 11 is 0. The summed E-state index contributed by atoms with van der Waals surface area (Å²) < 4.78 is 24.0. The van der Waals surface area contributed by atoms with Crippen molar-refractivity contribution in [3.05, 3.63) is 35.9 Å². The largest absolute Gasteiger partial charge is 0.334 e. The van der Waals surface area contributed by atoms with Gasteiger partial charge >= 0.3 is 6.03 Å². The molecule has 1 N–H and O–H groups in total. The average molecular weight is 448 g/mol. The first kappa shape index (κ1) is 21.8. The highest BCUT2D eigenvalue weighted by atomic mass is 32.2. The molecule has 2 saturated heterocycles. The Hall–Kier alpha value is -2.42. The van der Waals surface area contributed by atoms with Gasteiger partial charge in [-0.2, -0.15) is 0 Å². The molecule has 4 rings (SSSR count). The van der Waals surface area contributed by atoms with E-state index in [-0.39, 0.29) is 41.9 Å². The molecule has 1 saturated carbocycles. The van der Waals surface area contributed by atoms with E-state index in [0.717, 1.165) is 36.1 Å². The zero-order valence-corrected chi connectivity index (χ0v) is 18.4. The van der Waals surface area contributed by atoms with Gasteiger partial charge in [0.15, 0.2) is 9.84 Å². The van der Waals surface area contributed by atoms with E-state index in [1.807, 2.05) is 30.3 Å². The molecule has 1 aromatic carbocycles. The molecule has 31 heavy (non-hydrogen) atoms. The number of urea groups is 1. The lowest BCUT2D eigenvalue weighted by Crippen LogP contribution is -2.51. The molecule has 4 amide bonds. The van der Waals surface area contributed by atoms with E-state index in [9.17, 15) is 22.8 Å². The van der Waals surface area contributed by atoms with Crippen LogP contribution in [0.25, 0.3) is 0 Å². The quantitative estimate of drug-likeness (QED) is 0.638. The molecule has 0 radical (unpaired) electrons. The molecule has 3 aliphatic rings. The first-order valence-corrected chi connectivity index (χ1v) is 12.8. The van der Waals surface area contributed by atoms with Gasteiger partial charge in [-0.3, -0.25) is 14.5 Å². The summed E-state index contributed by atoms with van der Waals surface area (Å²) in [7, 11) is -3.15.